The topological polar surface area (TPSA) is 60.9 Å². The van der Waals surface area contributed by atoms with Gasteiger partial charge in [0.25, 0.3) is 5.91 Å². The molecule has 0 aliphatic carbocycles. The maximum absolute atomic E-state index is 12.3. The Labute approximate surface area is 180 Å². The van der Waals surface area contributed by atoms with E-state index in [9.17, 15) is 9.59 Å². The number of allylic oxidation sites excluding steroid dienone is 4. The van der Waals surface area contributed by atoms with Gasteiger partial charge in [-0.05, 0) is 23.8 Å². The first kappa shape index (κ1) is 20.0. The second-order valence-corrected chi connectivity index (χ2v) is 6.93. The number of nitrogens with zero attached hydrogens (tertiary/aromatic N) is 2. The van der Waals surface area contributed by atoms with Crippen LogP contribution < -0.4 is 4.90 Å². The fraction of sp³-hybridized carbons (Fsp3) is 0.118. The maximum Gasteiger partial charge on any atom is 0.323 e. The number of carbonyl (C=O) groups is 2. The number of benzene rings is 1. The Balaban J connectivity index is 0.00000225. The third-order valence-electron chi connectivity index (χ3n) is 3.65. The third-order valence-corrected chi connectivity index (χ3v) is 5.05. The molecule has 5 nitrogen and oxygen atoms in total. The first-order valence-electron chi connectivity index (χ1n) is 7.15. The summed E-state index contributed by atoms with van der Waals surface area (Å²) in [6.07, 6.45) is 7.48. The van der Waals surface area contributed by atoms with Crippen LogP contribution in [-0.2, 0) is 42.3 Å². The Morgan fingerprint density at radius 2 is 2.04 bits per heavy atom. The van der Waals surface area contributed by atoms with Gasteiger partial charge in [-0.15, -0.1) is 0 Å². The number of carboxylic acids is 1. The first-order chi connectivity index (χ1) is 11.5. The van der Waals surface area contributed by atoms with Crippen molar-refractivity contribution >= 4 is 51.4 Å². The molecular formula is C17H14N2O3S2Y. The molecule has 1 amide bonds. The monoisotopic (exact) mass is 447 g/mol. The number of rotatable bonds is 3. The minimum absolute atomic E-state index is 0. The fourth-order valence-corrected chi connectivity index (χ4v) is 3.68. The fourth-order valence-electron chi connectivity index (χ4n) is 2.48. The van der Waals surface area contributed by atoms with Gasteiger partial charge in [0.15, 0.2) is 0 Å². The van der Waals surface area contributed by atoms with Gasteiger partial charge in [0.2, 0.25) is 0 Å². The van der Waals surface area contributed by atoms with Crippen molar-refractivity contribution in [2.45, 2.75) is 0 Å². The molecule has 0 spiro atoms. The molecule has 2 aliphatic rings. The standard InChI is InChI=1S/C17H14N2O3S2.Y/c1-18-9-8-11(12-4-2-3-5-13(12)18)6-7-14-16(22)19(10-15(20)21)17(23)24-14;/h2-9H,10H2,1H3,(H,20,21);. The van der Waals surface area contributed by atoms with E-state index in [2.05, 4.69) is 0 Å². The van der Waals surface area contributed by atoms with E-state index in [1.54, 1.807) is 6.08 Å². The molecule has 1 saturated heterocycles. The summed E-state index contributed by atoms with van der Waals surface area (Å²) in [5.41, 5.74) is 3.13. The summed E-state index contributed by atoms with van der Waals surface area (Å²) in [5.74, 6) is -1.45. The first-order valence-corrected chi connectivity index (χ1v) is 8.38. The van der Waals surface area contributed by atoms with E-state index < -0.39 is 12.5 Å². The van der Waals surface area contributed by atoms with Crippen LogP contribution in [0.5, 0.6) is 0 Å². The van der Waals surface area contributed by atoms with Crippen LogP contribution in [0.15, 0.2) is 53.6 Å². The van der Waals surface area contributed by atoms with Crippen LogP contribution in [-0.4, -0.2) is 39.8 Å². The van der Waals surface area contributed by atoms with Crippen molar-refractivity contribution in [2.24, 2.45) is 0 Å². The number of carboxylic acid groups (broad SMARTS) is 1. The molecule has 0 unspecified atom stereocenters. The number of carbonyl (C=O) groups excluding carboxylic acids is 1. The zero-order valence-corrected chi connectivity index (χ0v) is 17.8. The van der Waals surface area contributed by atoms with E-state index >= 15 is 0 Å². The van der Waals surface area contributed by atoms with Gasteiger partial charge in [-0.1, -0.05) is 48.3 Å². The van der Waals surface area contributed by atoms with E-state index in [-0.39, 0.29) is 42.9 Å². The Kier molecular flexibility index (Phi) is 6.74. The largest absolute Gasteiger partial charge is 0.480 e. The van der Waals surface area contributed by atoms with E-state index in [4.69, 9.17) is 17.3 Å². The minimum atomic E-state index is -1.09. The number of thiocarbonyl (C=S) groups is 1. The second-order valence-electron chi connectivity index (χ2n) is 5.25. The van der Waals surface area contributed by atoms with Crippen LogP contribution in [0.3, 0.4) is 0 Å². The van der Waals surface area contributed by atoms with Crippen molar-refractivity contribution < 1.29 is 47.4 Å². The normalized spacial score (nSPS) is 19.4. The van der Waals surface area contributed by atoms with Gasteiger partial charge in [-0.3, -0.25) is 14.5 Å². The van der Waals surface area contributed by atoms with E-state index in [1.807, 2.05) is 54.6 Å². The molecule has 2 aliphatic heterocycles. The second kappa shape index (κ2) is 8.40. The Morgan fingerprint density at radius 3 is 2.76 bits per heavy atom. The minimum Gasteiger partial charge on any atom is -0.480 e. The molecule has 0 aromatic heterocycles. The van der Waals surface area contributed by atoms with Crippen molar-refractivity contribution in [1.82, 2.24) is 4.90 Å². The number of thioether (sulfide) groups is 1. The molecule has 8 heteroatoms. The van der Waals surface area contributed by atoms with Gasteiger partial charge in [0, 0.05) is 57.2 Å². The Bertz CT molecular complexity index is 833. The summed E-state index contributed by atoms with van der Waals surface area (Å²) in [6.45, 7) is -0.411. The van der Waals surface area contributed by atoms with Crippen molar-refractivity contribution in [1.29, 1.82) is 0 Å². The third kappa shape index (κ3) is 4.29. The van der Waals surface area contributed by atoms with Gasteiger partial charge in [0.1, 0.15) is 10.9 Å². The van der Waals surface area contributed by atoms with Gasteiger partial charge in [0.05, 0.1) is 4.91 Å². The van der Waals surface area contributed by atoms with Crippen molar-refractivity contribution in [3.05, 3.63) is 59.2 Å². The quantitative estimate of drug-likeness (QED) is 0.568. The van der Waals surface area contributed by atoms with Crippen LogP contribution in [0.4, 0.5) is 5.69 Å². The number of hydrogen-bond donors (Lipinski definition) is 1. The molecule has 3 rings (SSSR count). The maximum atomic E-state index is 12.3. The summed E-state index contributed by atoms with van der Waals surface area (Å²) in [4.78, 5) is 26.6. The van der Waals surface area contributed by atoms with Crippen LogP contribution in [0.25, 0.3) is 5.57 Å². The van der Waals surface area contributed by atoms with Crippen LogP contribution in [0.1, 0.15) is 5.56 Å². The zero-order valence-electron chi connectivity index (χ0n) is 13.4. The molecule has 0 atom stereocenters. The molecule has 1 fully saturated rings. The van der Waals surface area contributed by atoms with Crippen molar-refractivity contribution in [2.75, 3.05) is 18.5 Å². The summed E-state index contributed by atoms with van der Waals surface area (Å²) in [7, 11) is 1.98. The SMILES string of the molecule is CN1C=CC(=CC=C2SC(=S)N(CC(=O)O)C2=O)c2ccccc21.[Y]. The van der Waals surface area contributed by atoms with Gasteiger partial charge in [-0.2, -0.15) is 0 Å². The van der Waals surface area contributed by atoms with Crippen molar-refractivity contribution in [3.63, 3.8) is 0 Å². The van der Waals surface area contributed by atoms with E-state index in [0.717, 1.165) is 33.5 Å². The molecule has 0 saturated carbocycles. The average molecular weight is 447 g/mol. The van der Waals surface area contributed by atoms with Crippen LogP contribution in [0, 0.1) is 0 Å². The molecule has 1 aromatic rings. The number of fused-ring (bicyclic) bond motifs is 1. The van der Waals surface area contributed by atoms with Gasteiger partial charge >= 0.3 is 5.97 Å². The van der Waals surface area contributed by atoms with Gasteiger partial charge in [-0.25, -0.2) is 0 Å². The molecule has 25 heavy (non-hydrogen) atoms. The number of amides is 1. The zero-order chi connectivity index (χ0) is 17.3. The molecular weight excluding hydrogens is 433 g/mol. The smallest absolute Gasteiger partial charge is 0.323 e. The Morgan fingerprint density at radius 1 is 1.32 bits per heavy atom. The molecule has 2 heterocycles. The summed E-state index contributed by atoms with van der Waals surface area (Å²) in [6, 6.07) is 7.98. The summed E-state index contributed by atoms with van der Waals surface area (Å²) in [5, 5.41) is 8.86. The van der Waals surface area contributed by atoms with E-state index in [0.29, 0.717) is 4.91 Å². The number of aliphatic carboxylic acids is 1. The van der Waals surface area contributed by atoms with Crippen molar-refractivity contribution in [3.8, 4) is 0 Å². The van der Waals surface area contributed by atoms with Gasteiger partial charge < -0.3 is 10.0 Å². The van der Waals surface area contributed by atoms with E-state index in [1.165, 1.54) is 0 Å². The number of hydrogen-bond acceptors (Lipinski definition) is 5. The predicted molar refractivity (Wildman–Crippen MR) is 99.6 cm³/mol. The average Bonchev–Trinajstić information content (AvgIpc) is 2.82. The number of para-hydroxylation sites is 1. The molecule has 1 radical (unpaired) electrons. The molecule has 0 bridgehead atoms. The molecule has 1 N–H and O–H groups in total. The van der Waals surface area contributed by atoms with Crippen LogP contribution in [0.2, 0.25) is 0 Å². The molecule has 1 aromatic carbocycles. The predicted octanol–water partition coefficient (Wildman–Crippen LogP) is 2.86. The summed E-state index contributed by atoms with van der Waals surface area (Å²) >= 11 is 6.21. The summed E-state index contributed by atoms with van der Waals surface area (Å²) < 4.78 is 0.270. The number of anilines is 1. The van der Waals surface area contributed by atoms with Crippen LogP contribution >= 0.6 is 24.0 Å². The Hall–Kier alpha value is -1.28. The molecule has 125 valence electrons.